The fraction of sp³-hybridized carbons (Fsp3) is 0.727. The average Bonchev–Trinajstić information content (AvgIpc) is 2.74. The summed E-state index contributed by atoms with van der Waals surface area (Å²) in [5.41, 5.74) is 0. The van der Waals surface area contributed by atoms with E-state index in [0.717, 1.165) is 6.42 Å². The van der Waals surface area contributed by atoms with Gasteiger partial charge in [-0.05, 0) is 13.3 Å². The number of hydrogen-bond acceptors (Lipinski definition) is 3. The van der Waals surface area contributed by atoms with Gasteiger partial charge in [-0.15, -0.1) is 10.2 Å². The van der Waals surface area contributed by atoms with E-state index in [4.69, 9.17) is 0 Å². The lowest BCUT2D eigenvalue weighted by molar-refractivity contribution is -0.144. The number of alkyl halides is 3. The molecule has 1 aromatic heterocycles. The maximum absolute atomic E-state index is 12.0. The van der Waals surface area contributed by atoms with Crippen LogP contribution in [0.5, 0.6) is 0 Å². The van der Waals surface area contributed by atoms with Gasteiger partial charge >= 0.3 is 6.18 Å². The summed E-state index contributed by atoms with van der Waals surface area (Å²) in [6.45, 7) is 4.35. The summed E-state index contributed by atoms with van der Waals surface area (Å²) in [7, 11) is 0. The first-order valence-electron chi connectivity index (χ1n) is 6.07. The smallest absolute Gasteiger partial charge is 0.346 e. The molecule has 8 heteroatoms. The Labute approximate surface area is 109 Å². The summed E-state index contributed by atoms with van der Waals surface area (Å²) < 4.78 is 37.7. The molecule has 19 heavy (non-hydrogen) atoms. The zero-order valence-corrected chi connectivity index (χ0v) is 10.9. The summed E-state index contributed by atoms with van der Waals surface area (Å²) in [5.74, 6) is -0.0990. The lowest BCUT2D eigenvalue weighted by Gasteiger charge is -2.14. The number of nitrogens with zero attached hydrogens (tertiary/aromatic N) is 3. The van der Waals surface area contributed by atoms with Crippen molar-refractivity contribution in [2.24, 2.45) is 0 Å². The highest BCUT2D eigenvalue weighted by Crippen LogP contribution is 2.21. The van der Waals surface area contributed by atoms with E-state index in [1.165, 1.54) is 6.33 Å². The standard InChI is InChI=1S/C11H17F3N4O/c1-3-6-18-7-15-17-10(18)8(2)16-9(19)4-5-11(12,13)14/h7-8H,3-6H2,1-2H3,(H,16,19)/t8-/m1/s1. The number of aromatic nitrogens is 3. The number of aryl methyl sites for hydroxylation is 1. The van der Waals surface area contributed by atoms with Crippen molar-refractivity contribution in [1.82, 2.24) is 20.1 Å². The van der Waals surface area contributed by atoms with Gasteiger partial charge in [0.25, 0.3) is 0 Å². The Morgan fingerprint density at radius 1 is 1.53 bits per heavy atom. The average molecular weight is 278 g/mol. The van der Waals surface area contributed by atoms with Crippen molar-refractivity contribution in [1.29, 1.82) is 0 Å². The molecule has 0 saturated heterocycles. The molecule has 1 rings (SSSR count). The van der Waals surface area contributed by atoms with Crippen molar-refractivity contribution in [2.75, 3.05) is 0 Å². The van der Waals surface area contributed by atoms with Crippen LogP contribution in [0.3, 0.4) is 0 Å². The van der Waals surface area contributed by atoms with Crippen LogP contribution in [-0.4, -0.2) is 26.8 Å². The van der Waals surface area contributed by atoms with E-state index >= 15 is 0 Å². The van der Waals surface area contributed by atoms with Crippen molar-refractivity contribution in [3.63, 3.8) is 0 Å². The zero-order chi connectivity index (χ0) is 14.5. The lowest BCUT2D eigenvalue weighted by Crippen LogP contribution is -2.29. The van der Waals surface area contributed by atoms with Crippen molar-refractivity contribution < 1.29 is 18.0 Å². The van der Waals surface area contributed by atoms with Gasteiger partial charge in [0, 0.05) is 13.0 Å². The number of rotatable bonds is 6. The number of nitrogens with one attached hydrogen (secondary N) is 1. The highest BCUT2D eigenvalue weighted by atomic mass is 19.4. The minimum atomic E-state index is -4.32. The van der Waals surface area contributed by atoms with Crippen molar-refractivity contribution in [3.05, 3.63) is 12.2 Å². The Morgan fingerprint density at radius 3 is 2.79 bits per heavy atom. The molecule has 0 fully saturated rings. The Bertz CT molecular complexity index is 416. The fourth-order valence-corrected chi connectivity index (χ4v) is 1.65. The van der Waals surface area contributed by atoms with E-state index in [-0.39, 0.29) is 0 Å². The van der Waals surface area contributed by atoms with Gasteiger partial charge in [0.05, 0.1) is 12.5 Å². The van der Waals surface area contributed by atoms with Crippen LogP contribution in [0.25, 0.3) is 0 Å². The lowest BCUT2D eigenvalue weighted by atomic mass is 10.2. The maximum atomic E-state index is 12.0. The molecule has 0 spiro atoms. The number of carbonyl (C=O) groups excluding carboxylic acids is 1. The Morgan fingerprint density at radius 2 is 2.21 bits per heavy atom. The van der Waals surface area contributed by atoms with E-state index in [1.54, 1.807) is 11.5 Å². The number of amides is 1. The third-order valence-electron chi connectivity index (χ3n) is 2.51. The fourth-order valence-electron chi connectivity index (χ4n) is 1.65. The van der Waals surface area contributed by atoms with Crippen LogP contribution in [0.1, 0.15) is 45.0 Å². The maximum Gasteiger partial charge on any atom is 0.389 e. The van der Waals surface area contributed by atoms with E-state index in [0.29, 0.717) is 12.4 Å². The van der Waals surface area contributed by atoms with Crippen LogP contribution in [0.15, 0.2) is 6.33 Å². The molecule has 1 atom stereocenters. The number of hydrogen-bond donors (Lipinski definition) is 1. The first-order chi connectivity index (χ1) is 8.83. The molecule has 0 aliphatic rings. The minimum absolute atomic E-state index is 0.463. The second-order valence-corrected chi connectivity index (χ2v) is 4.29. The molecular formula is C11H17F3N4O. The van der Waals surface area contributed by atoms with Gasteiger partial charge in [0.15, 0.2) is 5.82 Å². The summed E-state index contributed by atoms with van der Waals surface area (Å²) in [6, 6.07) is -0.463. The predicted octanol–water partition coefficient (Wildman–Crippen LogP) is 2.21. The minimum Gasteiger partial charge on any atom is -0.346 e. The van der Waals surface area contributed by atoms with Crippen LogP contribution in [0.2, 0.25) is 0 Å². The Hall–Kier alpha value is -1.60. The van der Waals surface area contributed by atoms with Gasteiger partial charge in [-0.2, -0.15) is 13.2 Å². The second kappa shape index (κ2) is 6.53. The van der Waals surface area contributed by atoms with Gasteiger partial charge in [0.1, 0.15) is 6.33 Å². The summed E-state index contributed by atoms with van der Waals surface area (Å²) in [6.07, 6.45) is -3.59. The molecule has 0 aliphatic carbocycles. The van der Waals surface area contributed by atoms with Gasteiger partial charge in [0.2, 0.25) is 5.91 Å². The SMILES string of the molecule is CCCn1cnnc1[C@@H](C)NC(=O)CCC(F)(F)F. The summed E-state index contributed by atoms with van der Waals surface area (Å²) in [5, 5.41) is 10.1. The summed E-state index contributed by atoms with van der Waals surface area (Å²) in [4.78, 5) is 11.4. The monoisotopic (exact) mass is 278 g/mol. The number of halogens is 3. The zero-order valence-electron chi connectivity index (χ0n) is 10.9. The van der Waals surface area contributed by atoms with E-state index < -0.39 is 31.0 Å². The highest BCUT2D eigenvalue weighted by Gasteiger charge is 2.28. The molecule has 1 aromatic rings. The van der Waals surface area contributed by atoms with Gasteiger partial charge in [-0.25, -0.2) is 0 Å². The third kappa shape index (κ3) is 5.27. The van der Waals surface area contributed by atoms with E-state index in [9.17, 15) is 18.0 Å². The predicted molar refractivity (Wildman–Crippen MR) is 62.2 cm³/mol. The van der Waals surface area contributed by atoms with Crippen LogP contribution >= 0.6 is 0 Å². The molecule has 0 radical (unpaired) electrons. The van der Waals surface area contributed by atoms with Gasteiger partial charge in [-0.1, -0.05) is 6.92 Å². The molecule has 0 aliphatic heterocycles. The molecule has 1 N–H and O–H groups in total. The molecule has 108 valence electrons. The summed E-state index contributed by atoms with van der Waals surface area (Å²) >= 11 is 0. The molecule has 5 nitrogen and oxygen atoms in total. The molecule has 1 amide bonds. The van der Waals surface area contributed by atoms with Crippen molar-refractivity contribution in [3.8, 4) is 0 Å². The molecule has 0 saturated carbocycles. The molecule has 0 bridgehead atoms. The van der Waals surface area contributed by atoms with Gasteiger partial charge in [-0.3, -0.25) is 4.79 Å². The number of carbonyl (C=O) groups is 1. The molecule has 1 heterocycles. The van der Waals surface area contributed by atoms with Crippen LogP contribution in [-0.2, 0) is 11.3 Å². The van der Waals surface area contributed by atoms with E-state index in [1.807, 2.05) is 6.92 Å². The van der Waals surface area contributed by atoms with Gasteiger partial charge < -0.3 is 9.88 Å². The Kier molecular flexibility index (Phi) is 5.31. The van der Waals surface area contributed by atoms with Crippen molar-refractivity contribution in [2.45, 2.75) is 51.9 Å². The second-order valence-electron chi connectivity index (χ2n) is 4.29. The first-order valence-corrected chi connectivity index (χ1v) is 6.07. The van der Waals surface area contributed by atoms with E-state index in [2.05, 4.69) is 15.5 Å². The van der Waals surface area contributed by atoms with Crippen LogP contribution in [0.4, 0.5) is 13.2 Å². The van der Waals surface area contributed by atoms with Crippen LogP contribution in [0, 0.1) is 0 Å². The normalized spacial score (nSPS) is 13.3. The molecular weight excluding hydrogens is 261 g/mol. The topological polar surface area (TPSA) is 59.8 Å². The quantitative estimate of drug-likeness (QED) is 0.868. The largest absolute Gasteiger partial charge is 0.389 e. The molecule has 0 unspecified atom stereocenters. The highest BCUT2D eigenvalue weighted by molar-refractivity contribution is 5.76. The Balaban J connectivity index is 2.52. The third-order valence-corrected chi connectivity index (χ3v) is 2.51. The van der Waals surface area contributed by atoms with Crippen LogP contribution < -0.4 is 5.32 Å². The van der Waals surface area contributed by atoms with Crippen molar-refractivity contribution >= 4 is 5.91 Å². The molecule has 0 aromatic carbocycles. The first kappa shape index (κ1) is 15.5.